The van der Waals surface area contributed by atoms with Gasteiger partial charge in [0.2, 0.25) is 5.95 Å². The number of hydrogen-bond acceptors (Lipinski definition) is 8. The molecule has 0 aromatic carbocycles. The number of nitrogen functional groups attached to an aromatic ring is 2. The lowest BCUT2D eigenvalue weighted by Crippen LogP contribution is -2.29. The van der Waals surface area contributed by atoms with Crippen LogP contribution in [0.1, 0.15) is 5.37 Å². The van der Waals surface area contributed by atoms with Crippen molar-refractivity contribution in [2.24, 2.45) is 0 Å². The van der Waals surface area contributed by atoms with Gasteiger partial charge in [-0.15, -0.1) is 11.8 Å². The Kier molecular flexibility index (Phi) is 3.15. The monoisotopic (exact) mass is 300 g/mol. The van der Waals surface area contributed by atoms with Gasteiger partial charge in [0.1, 0.15) is 17.0 Å². The number of hydrogen-bond donors (Lipinski definition) is 4. The Balaban J connectivity index is 2.07. The molecule has 10 heteroatoms. The molecule has 0 aliphatic carbocycles. The van der Waals surface area contributed by atoms with Crippen LogP contribution in [0.25, 0.3) is 11.2 Å². The number of anilines is 2. The first-order chi connectivity index (χ1) is 9.52. The van der Waals surface area contributed by atoms with Crippen LogP contribution >= 0.6 is 11.8 Å². The van der Waals surface area contributed by atoms with Crippen molar-refractivity contribution in [1.82, 2.24) is 19.5 Å². The molecular weight excluding hydrogens is 287 g/mol. The van der Waals surface area contributed by atoms with Crippen molar-refractivity contribution in [3.05, 3.63) is 6.33 Å². The molecule has 0 saturated carbocycles. The number of halogens is 1. The van der Waals surface area contributed by atoms with Crippen molar-refractivity contribution in [2.75, 3.05) is 18.1 Å². The fraction of sp³-hybridized carbons (Fsp3) is 0.500. The number of alkyl halides is 1. The minimum absolute atomic E-state index is 0.0330. The molecule has 2 aromatic rings. The van der Waals surface area contributed by atoms with Crippen molar-refractivity contribution < 1.29 is 14.6 Å². The van der Waals surface area contributed by atoms with E-state index in [2.05, 4.69) is 15.0 Å². The van der Waals surface area contributed by atoms with E-state index in [9.17, 15) is 9.50 Å². The summed E-state index contributed by atoms with van der Waals surface area (Å²) < 4.78 is 15.6. The Hall–Kier alpha value is -1.65. The van der Waals surface area contributed by atoms with Crippen LogP contribution in [0.4, 0.5) is 16.2 Å². The van der Waals surface area contributed by atoms with Crippen LogP contribution in [0, 0.1) is 0 Å². The van der Waals surface area contributed by atoms with E-state index >= 15 is 0 Å². The summed E-state index contributed by atoms with van der Waals surface area (Å²) in [6.07, 6.45) is -1.41. The van der Waals surface area contributed by atoms with Crippen LogP contribution < -0.4 is 11.5 Å². The van der Waals surface area contributed by atoms with Gasteiger partial charge in [0.15, 0.2) is 17.6 Å². The molecule has 2 unspecified atom stereocenters. The van der Waals surface area contributed by atoms with Crippen LogP contribution in [-0.4, -0.2) is 53.9 Å². The zero-order chi connectivity index (χ0) is 14.4. The third kappa shape index (κ3) is 1.87. The lowest BCUT2D eigenvalue weighted by molar-refractivity contribution is 0.0642. The van der Waals surface area contributed by atoms with Gasteiger partial charge in [-0.05, 0) is 0 Å². The van der Waals surface area contributed by atoms with Crippen molar-refractivity contribution in [2.45, 2.75) is 22.9 Å². The molecule has 1 fully saturated rings. The van der Waals surface area contributed by atoms with Gasteiger partial charge in [0.25, 0.3) is 0 Å². The summed E-state index contributed by atoms with van der Waals surface area (Å²) in [6, 6.07) is 0. The number of nitrogens with zero attached hydrogens (tertiary/aromatic N) is 4. The van der Waals surface area contributed by atoms with E-state index in [1.807, 2.05) is 0 Å². The summed E-state index contributed by atoms with van der Waals surface area (Å²) in [7, 11) is 0. The fourth-order valence-electron chi connectivity index (χ4n) is 2.22. The maximum Gasteiger partial charge on any atom is 0.224 e. The summed E-state index contributed by atoms with van der Waals surface area (Å²) in [4.78, 5) is 11.8. The zero-order valence-corrected chi connectivity index (χ0v) is 11.0. The third-order valence-electron chi connectivity index (χ3n) is 3.21. The summed E-state index contributed by atoms with van der Waals surface area (Å²) >= 11 is 1.12. The van der Waals surface area contributed by atoms with Gasteiger partial charge in [-0.2, -0.15) is 9.97 Å². The number of nitrogens with two attached hydrogens (primary N) is 2. The van der Waals surface area contributed by atoms with Gasteiger partial charge in [-0.1, -0.05) is 0 Å². The number of rotatable bonds is 2. The second-order valence-corrected chi connectivity index (χ2v) is 5.83. The van der Waals surface area contributed by atoms with Gasteiger partial charge in [-0.25, -0.2) is 9.37 Å². The largest absolute Gasteiger partial charge is 0.395 e. The highest BCUT2D eigenvalue weighted by Gasteiger charge is 2.45. The second kappa shape index (κ2) is 4.72. The molecule has 0 spiro atoms. The highest BCUT2D eigenvalue weighted by molar-refractivity contribution is 8.00. The maximum atomic E-state index is 14.2. The van der Waals surface area contributed by atoms with Crippen LogP contribution in [0.5, 0.6) is 0 Å². The number of aliphatic hydroxyl groups is 2. The van der Waals surface area contributed by atoms with E-state index in [1.165, 1.54) is 10.9 Å². The van der Waals surface area contributed by atoms with E-state index in [4.69, 9.17) is 16.6 Å². The highest BCUT2D eigenvalue weighted by atomic mass is 32.2. The predicted octanol–water partition coefficient (Wildman–Crippen LogP) is -0.704. The average molecular weight is 300 g/mol. The van der Waals surface area contributed by atoms with Crippen molar-refractivity contribution in [3.63, 3.8) is 0 Å². The first-order valence-electron chi connectivity index (χ1n) is 5.87. The van der Waals surface area contributed by atoms with Gasteiger partial charge in [0, 0.05) is 0 Å². The molecule has 0 bridgehead atoms. The summed E-state index contributed by atoms with van der Waals surface area (Å²) in [5.41, 5.74) is 11.9. The third-order valence-corrected chi connectivity index (χ3v) is 4.76. The number of fused-ring (bicyclic) bond motifs is 1. The Bertz CT molecular complexity index is 652. The van der Waals surface area contributed by atoms with E-state index in [-0.39, 0.29) is 18.4 Å². The average Bonchev–Trinajstić information content (AvgIpc) is 2.93. The number of aromatic nitrogens is 4. The molecule has 1 saturated heterocycles. The molecule has 3 heterocycles. The molecule has 20 heavy (non-hydrogen) atoms. The molecule has 3 rings (SSSR count). The highest BCUT2D eigenvalue weighted by Crippen LogP contribution is 2.44. The molecule has 1 aliphatic rings. The first kappa shape index (κ1) is 13.3. The molecule has 108 valence electrons. The Labute approximate surface area is 117 Å². The smallest absolute Gasteiger partial charge is 0.224 e. The minimum atomic E-state index is -1.55. The van der Waals surface area contributed by atoms with Gasteiger partial charge < -0.3 is 21.7 Å². The van der Waals surface area contributed by atoms with Gasteiger partial charge >= 0.3 is 0 Å². The second-order valence-electron chi connectivity index (χ2n) is 4.47. The molecule has 0 amide bonds. The molecular formula is C10H13FN6O2S. The molecule has 4 atom stereocenters. The lowest BCUT2D eigenvalue weighted by atomic mass is 10.1. The SMILES string of the molecule is Nc1nc(N)c2ncn([C@@H]3S[C@H](CO)C(O)C3F)c2n1. The molecule has 0 radical (unpaired) electrons. The Morgan fingerprint density at radius 1 is 1.40 bits per heavy atom. The van der Waals surface area contributed by atoms with Crippen molar-refractivity contribution in [1.29, 1.82) is 0 Å². The predicted molar refractivity (Wildman–Crippen MR) is 72.6 cm³/mol. The summed E-state index contributed by atoms with van der Waals surface area (Å²) in [5, 5.41) is 17.5. The fourth-order valence-corrected chi connectivity index (χ4v) is 3.57. The Morgan fingerprint density at radius 2 is 2.15 bits per heavy atom. The quantitative estimate of drug-likeness (QED) is 0.571. The van der Waals surface area contributed by atoms with Crippen molar-refractivity contribution >= 4 is 34.7 Å². The van der Waals surface area contributed by atoms with E-state index in [0.29, 0.717) is 11.2 Å². The van der Waals surface area contributed by atoms with Gasteiger partial charge in [-0.3, -0.25) is 4.57 Å². The van der Waals surface area contributed by atoms with Crippen LogP contribution in [0.2, 0.25) is 0 Å². The zero-order valence-electron chi connectivity index (χ0n) is 10.2. The number of imidazole rings is 1. The molecule has 1 aliphatic heterocycles. The van der Waals surface area contributed by atoms with Crippen LogP contribution in [0.15, 0.2) is 6.33 Å². The minimum Gasteiger partial charge on any atom is -0.395 e. The Morgan fingerprint density at radius 3 is 2.80 bits per heavy atom. The van der Waals surface area contributed by atoms with E-state index in [1.54, 1.807) is 0 Å². The summed E-state index contributed by atoms with van der Waals surface area (Å²) in [5.74, 6) is 0.0818. The number of aliphatic hydroxyl groups excluding tert-OH is 2. The molecule has 2 aromatic heterocycles. The van der Waals surface area contributed by atoms with Crippen LogP contribution in [-0.2, 0) is 0 Å². The van der Waals surface area contributed by atoms with Crippen LogP contribution in [0.3, 0.4) is 0 Å². The van der Waals surface area contributed by atoms with Crippen molar-refractivity contribution in [3.8, 4) is 0 Å². The lowest BCUT2D eigenvalue weighted by Gasteiger charge is -2.15. The summed E-state index contributed by atoms with van der Waals surface area (Å²) in [6.45, 7) is -0.311. The topological polar surface area (TPSA) is 136 Å². The van der Waals surface area contributed by atoms with E-state index in [0.717, 1.165) is 11.8 Å². The standard InChI is InChI=1S/C10H13FN6O2S/c11-4-6(19)3(1-18)20-9(4)17-2-14-5-7(12)15-10(13)16-8(5)17/h2-4,6,9,18-19H,1H2,(H4,12,13,15,16)/t3-,4?,6?,9-/m1/s1. The molecule has 8 nitrogen and oxygen atoms in total. The van der Waals surface area contributed by atoms with Gasteiger partial charge in [0.05, 0.1) is 18.2 Å². The van der Waals surface area contributed by atoms with E-state index < -0.39 is 22.9 Å². The number of thioether (sulfide) groups is 1. The maximum absolute atomic E-state index is 14.2. The molecule has 6 N–H and O–H groups in total. The normalized spacial score (nSPS) is 30.1. The first-order valence-corrected chi connectivity index (χ1v) is 6.81.